The van der Waals surface area contributed by atoms with E-state index < -0.39 is 0 Å². The summed E-state index contributed by atoms with van der Waals surface area (Å²) in [4.78, 5) is 4.62. The van der Waals surface area contributed by atoms with Crippen LogP contribution in [0.4, 0.5) is 5.69 Å². The molecule has 0 saturated carbocycles. The molecule has 0 aliphatic heterocycles. The molecular formula is C17H11ClN2O. The number of benzene rings is 3. The first-order valence-corrected chi connectivity index (χ1v) is 6.94. The lowest BCUT2D eigenvalue weighted by atomic mass is 10.1. The van der Waals surface area contributed by atoms with Crippen LogP contribution in [-0.4, -0.2) is 4.98 Å². The van der Waals surface area contributed by atoms with E-state index in [0.717, 1.165) is 27.4 Å². The molecule has 4 rings (SSSR count). The van der Waals surface area contributed by atoms with E-state index in [-0.39, 0.29) is 0 Å². The Labute approximate surface area is 126 Å². The number of nitrogens with two attached hydrogens (primary N) is 1. The number of hydrogen-bond acceptors (Lipinski definition) is 3. The number of aromatic nitrogens is 1. The van der Waals surface area contributed by atoms with Gasteiger partial charge in [-0.2, -0.15) is 0 Å². The van der Waals surface area contributed by atoms with Crippen LogP contribution >= 0.6 is 11.6 Å². The molecule has 21 heavy (non-hydrogen) atoms. The van der Waals surface area contributed by atoms with Crippen molar-refractivity contribution in [2.24, 2.45) is 0 Å². The average molecular weight is 295 g/mol. The molecule has 4 aromatic rings. The van der Waals surface area contributed by atoms with Crippen molar-refractivity contribution < 1.29 is 4.42 Å². The van der Waals surface area contributed by atoms with Gasteiger partial charge in [0.2, 0.25) is 5.89 Å². The Kier molecular flexibility index (Phi) is 2.62. The maximum atomic E-state index is 5.95. The molecule has 2 N–H and O–H groups in total. The highest BCUT2D eigenvalue weighted by Crippen LogP contribution is 2.31. The molecule has 0 fully saturated rings. The number of halogens is 1. The van der Waals surface area contributed by atoms with Crippen molar-refractivity contribution in [2.75, 3.05) is 5.73 Å². The average Bonchev–Trinajstić information content (AvgIpc) is 2.94. The SMILES string of the molecule is Nc1cc(-c2nc3c(ccc4ccccc43)o2)ccc1Cl. The summed E-state index contributed by atoms with van der Waals surface area (Å²) in [6.07, 6.45) is 0. The number of oxazole rings is 1. The summed E-state index contributed by atoms with van der Waals surface area (Å²) in [6, 6.07) is 17.4. The smallest absolute Gasteiger partial charge is 0.227 e. The molecule has 0 bridgehead atoms. The van der Waals surface area contributed by atoms with E-state index >= 15 is 0 Å². The van der Waals surface area contributed by atoms with Gasteiger partial charge in [-0.05, 0) is 29.7 Å². The predicted molar refractivity (Wildman–Crippen MR) is 86.4 cm³/mol. The largest absolute Gasteiger partial charge is 0.436 e. The lowest BCUT2D eigenvalue weighted by Crippen LogP contribution is -1.87. The molecule has 0 aliphatic rings. The summed E-state index contributed by atoms with van der Waals surface area (Å²) in [6.45, 7) is 0. The number of nitrogen functional groups attached to an aromatic ring is 1. The summed E-state index contributed by atoms with van der Waals surface area (Å²) in [5.41, 5.74) is 8.79. The van der Waals surface area contributed by atoms with Crippen molar-refractivity contribution in [1.29, 1.82) is 0 Å². The fourth-order valence-corrected chi connectivity index (χ4v) is 2.58. The van der Waals surface area contributed by atoms with E-state index in [4.69, 9.17) is 21.8 Å². The normalized spacial score (nSPS) is 11.3. The Morgan fingerprint density at radius 3 is 2.71 bits per heavy atom. The van der Waals surface area contributed by atoms with E-state index in [1.54, 1.807) is 12.1 Å². The van der Waals surface area contributed by atoms with Gasteiger partial charge >= 0.3 is 0 Å². The van der Waals surface area contributed by atoms with Gasteiger partial charge in [-0.3, -0.25) is 0 Å². The maximum Gasteiger partial charge on any atom is 0.227 e. The molecular weight excluding hydrogens is 284 g/mol. The third kappa shape index (κ3) is 1.94. The first kappa shape index (κ1) is 12.2. The van der Waals surface area contributed by atoms with Crippen molar-refractivity contribution >= 4 is 39.2 Å². The minimum atomic E-state index is 0.515. The van der Waals surface area contributed by atoms with Crippen LogP contribution in [0.15, 0.2) is 59.0 Å². The number of rotatable bonds is 1. The van der Waals surface area contributed by atoms with Crippen molar-refractivity contribution in [2.45, 2.75) is 0 Å². The van der Waals surface area contributed by atoms with Gasteiger partial charge in [0.25, 0.3) is 0 Å². The molecule has 0 aliphatic carbocycles. The quantitative estimate of drug-likeness (QED) is 0.509. The lowest BCUT2D eigenvalue weighted by Gasteiger charge is -1.99. The summed E-state index contributed by atoms with van der Waals surface area (Å²) < 4.78 is 5.85. The number of anilines is 1. The third-order valence-corrected chi connectivity index (χ3v) is 3.87. The molecule has 0 atom stereocenters. The minimum absolute atomic E-state index is 0.515. The lowest BCUT2D eigenvalue weighted by molar-refractivity contribution is 0.620. The molecule has 1 heterocycles. The molecule has 1 aromatic heterocycles. The summed E-state index contributed by atoms with van der Waals surface area (Å²) >= 11 is 5.95. The van der Waals surface area contributed by atoms with Gasteiger partial charge in [-0.1, -0.05) is 41.9 Å². The molecule has 3 nitrogen and oxygen atoms in total. The Hall–Kier alpha value is -2.52. The van der Waals surface area contributed by atoms with Crippen LogP contribution in [0.2, 0.25) is 5.02 Å². The van der Waals surface area contributed by atoms with Crippen molar-refractivity contribution in [3.8, 4) is 11.5 Å². The van der Waals surface area contributed by atoms with Gasteiger partial charge in [0.1, 0.15) is 5.52 Å². The van der Waals surface area contributed by atoms with E-state index in [9.17, 15) is 0 Å². The van der Waals surface area contributed by atoms with Crippen LogP contribution in [-0.2, 0) is 0 Å². The standard InChI is InChI=1S/C17H11ClN2O/c18-13-7-5-11(9-14(13)19)17-20-16-12-4-2-1-3-10(12)6-8-15(16)21-17/h1-9H,19H2. The second kappa shape index (κ2) is 4.50. The molecule has 0 radical (unpaired) electrons. The van der Waals surface area contributed by atoms with Crippen molar-refractivity contribution in [3.05, 3.63) is 59.6 Å². The van der Waals surface area contributed by atoms with Crippen LogP contribution in [0.1, 0.15) is 0 Å². The fraction of sp³-hybridized carbons (Fsp3) is 0. The minimum Gasteiger partial charge on any atom is -0.436 e. The highest BCUT2D eigenvalue weighted by Gasteiger charge is 2.11. The van der Waals surface area contributed by atoms with Gasteiger partial charge in [-0.25, -0.2) is 4.98 Å². The second-order valence-corrected chi connectivity index (χ2v) is 5.30. The molecule has 0 unspecified atom stereocenters. The van der Waals surface area contributed by atoms with E-state index in [1.165, 1.54) is 0 Å². The topological polar surface area (TPSA) is 52.0 Å². The van der Waals surface area contributed by atoms with Crippen LogP contribution < -0.4 is 5.73 Å². The highest BCUT2D eigenvalue weighted by atomic mass is 35.5. The van der Waals surface area contributed by atoms with Crippen LogP contribution in [0, 0.1) is 0 Å². The summed E-state index contributed by atoms with van der Waals surface area (Å²) in [7, 11) is 0. The molecule has 102 valence electrons. The predicted octanol–water partition coefficient (Wildman–Crippen LogP) is 4.88. The molecule has 0 amide bonds. The zero-order valence-corrected chi connectivity index (χ0v) is 11.8. The van der Waals surface area contributed by atoms with Gasteiger partial charge in [0.15, 0.2) is 5.58 Å². The zero-order chi connectivity index (χ0) is 14.4. The van der Waals surface area contributed by atoms with Crippen LogP contribution in [0.5, 0.6) is 0 Å². The maximum absolute atomic E-state index is 5.95. The Morgan fingerprint density at radius 1 is 1.00 bits per heavy atom. The Morgan fingerprint density at radius 2 is 1.86 bits per heavy atom. The number of nitrogens with zero attached hydrogens (tertiary/aromatic N) is 1. The first-order valence-electron chi connectivity index (χ1n) is 6.56. The van der Waals surface area contributed by atoms with Gasteiger partial charge < -0.3 is 10.2 Å². The summed E-state index contributed by atoms with van der Waals surface area (Å²) in [5, 5.41) is 2.74. The zero-order valence-electron chi connectivity index (χ0n) is 11.0. The number of hydrogen-bond donors (Lipinski definition) is 1. The number of fused-ring (bicyclic) bond motifs is 3. The van der Waals surface area contributed by atoms with Crippen molar-refractivity contribution in [3.63, 3.8) is 0 Å². The fourth-order valence-electron chi connectivity index (χ4n) is 2.46. The van der Waals surface area contributed by atoms with Crippen LogP contribution in [0.3, 0.4) is 0 Å². The van der Waals surface area contributed by atoms with E-state index in [0.29, 0.717) is 16.6 Å². The third-order valence-electron chi connectivity index (χ3n) is 3.53. The Balaban J connectivity index is 1.98. The molecule has 0 saturated heterocycles. The monoisotopic (exact) mass is 294 g/mol. The van der Waals surface area contributed by atoms with Gasteiger partial charge in [0, 0.05) is 10.9 Å². The molecule has 4 heteroatoms. The van der Waals surface area contributed by atoms with Gasteiger partial charge in [-0.15, -0.1) is 0 Å². The summed E-state index contributed by atoms with van der Waals surface area (Å²) in [5.74, 6) is 0.546. The van der Waals surface area contributed by atoms with E-state index in [1.807, 2.05) is 36.4 Å². The molecule has 0 spiro atoms. The van der Waals surface area contributed by atoms with Crippen LogP contribution in [0.25, 0.3) is 33.3 Å². The van der Waals surface area contributed by atoms with Crippen molar-refractivity contribution in [1.82, 2.24) is 4.98 Å². The van der Waals surface area contributed by atoms with E-state index in [2.05, 4.69) is 11.1 Å². The first-order chi connectivity index (χ1) is 10.2. The molecule has 3 aromatic carbocycles. The highest BCUT2D eigenvalue weighted by molar-refractivity contribution is 6.33. The second-order valence-electron chi connectivity index (χ2n) is 4.89. The Bertz CT molecular complexity index is 975. The van der Waals surface area contributed by atoms with Gasteiger partial charge in [0.05, 0.1) is 10.7 Å².